The molecule has 0 amide bonds. The molecule has 1 aliphatic heterocycles. The number of nitrogens with two attached hydrogens (primary N) is 1. The standard InChI is InChI=1S/C16H15Cl2NO/c1-9-4-11-5-10(2-3-15(11)20-9)16(19)12-6-13(17)8-14(18)7-12/h2-3,5-9,16H,4,19H2,1H3. The number of fused-ring (bicyclic) bond motifs is 1. The van der Waals surface area contributed by atoms with E-state index in [1.807, 2.05) is 24.3 Å². The van der Waals surface area contributed by atoms with Crippen LogP contribution in [0.2, 0.25) is 10.0 Å². The molecule has 1 heterocycles. The van der Waals surface area contributed by atoms with Gasteiger partial charge < -0.3 is 10.5 Å². The van der Waals surface area contributed by atoms with E-state index in [4.69, 9.17) is 33.7 Å². The molecular formula is C16H15Cl2NO. The third kappa shape index (κ3) is 2.64. The average Bonchev–Trinajstić information content (AvgIpc) is 2.75. The van der Waals surface area contributed by atoms with E-state index in [1.54, 1.807) is 6.07 Å². The van der Waals surface area contributed by atoms with E-state index in [-0.39, 0.29) is 12.1 Å². The first-order chi connectivity index (χ1) is 9.52. The van der Waals surface area contributed by atoms with Crippen molar-refractivity contribution in [2.24, 2.45) is 5.73 Å². The Kier molecular flexibility index (Phi) is 3.63. The van der Waals surface area contributed by atoms with Crippen molar-refractivity contribution in [2.75, 3.05) is 0 Å². The minimum Gasteiger partial charge on any atom is -0.490 e. The first-order valence-electron chi connectivity index (χ1n) is 6.54. The molecule has 0 aromatic heterocycles. The van der Waals surface area contributed by atoms with E-state index in [1.165, 1.54) is 5.56 Å². The highest BCUT2D eigenvalue weighted by atomic mass is 35.5. The number of hydrogen-bond donors (Lipinski definition) is 1. The van der Waals surface area contributed by atoms with E-state index in [0.29, 0.717) is 10.0 Å². The maximum atomic E-state index is 6.32. The van der Waals surface area contributed by atoms with E-state index in [9.17, 15) is 0 Å². The summed E-state index contributed by atoms with van der Waals surface area (Å²) in [4.78, 5) is 0. The second-order valence-corrected chi connectivity index (χ2v) is 6.05. The Balaban J connectivity index is 1.95. The largest absolute Gasteiger partial charge is 0.490 e. The van der Waals surface area contributed by atoms with Crippen LogP contribution in [0.15, 0.2) is 36.4 Å². The molecule has 2 atom stereocenters. The third-order valence-corrected chi connectivity index (χ3v) is 3.96. The Bertz CT molecular complexity index is 637. The van der Waals surface area contributed by atoms with Crippen LogP contribution in [0.5, 0.6) is 5.75 Å². The molecule has 0 saturated carbocycles. The molecule has 2 unspecified atom stereocenters. The zero-order valence-electron chi connectivity index (χ0n) is 11.1. The smallest absolute Gasteiger partial charge is 0.123 e. The quantitative estimate of drug-likeness (QED) is 0.894. The summed E-state index contributed by atoms with van der Waals surface area (Å²) in [6, 6.07) is 11.3. The van der Waals surface area contributed by atoms with Crippen LogP contribution in [0.25, 0.3) is 0 Å². The lowest BCUT2D eigenvalue weighted by atomic mass is 9.97. The summed E-state index contributed by atoms with van der Waals surface area (Å²) in [6.45, 7) is 2.07. The lowest BCUT2D eigenvalue weighted by Gasteiger charge is -2.14. The van der Waals surface area contributed by atoms with Crippen molar-refractivity contribution in [1.29, 1.82) is 0 Å². The summed E-state index contributed by atoms with van der Waals surface area (Å²) < 4.78 is 5.70. The Hall–Kier alpha value is -1.22. The van der Waals surface area contributed by atoms with Crippen LogP contribution in [0, 0.1) is 0 Å². The highest BCUT2D eigenvalue weighted by Crippen LogP contribution is 2.33. The average molecular weight is 308 g/mol. The van der Waals surface area contributed by atoms with Gasteiger partial charge in [-0.2, -0.15) is 0 Å². The molecule has 0 fully saturated rings. The summed E-state index contributed by atoms with van der Waals surface area (Å²) in [5.41, 5.74) is 9.48. The molecule has 0 spiro atoms. The fourth-order valence-corrected chi connectivity index (χ4v) is 3.13. The maximum absolute atomic E-state index is 6.32. The minimum atomic E-state index is -0.243. The fraction of sp³-hybridized carbons (Fsp3) is 0.250. The molecule has 1 aliphatic rings. The van der Waals surface area contributed by atoms with E-state index in [0.717, 1.165) is 23.3 Å². The first kappa shape index (κ1) is 13.7. The molecule has 2 nitrogen and oxygen atoms in total. The number of rotatable bonds is 2. The van der Waals surface area contributed by atoms with Crippen molar-refractivity contribution in [3.63, 3.8) is 0 Å². The molecule has 104 valence electrons. The molecule has 0 radical (unpaired) electrons. The fourth-order valence-electron chi connectivity index (χ4n) is 2.58. The van der Waals surface area contributed by atoms with Crippen molar-refractivity contribution in [2.45, 2.75) is 25.5 Å². The topological polar surface area (TPSA) is 35.2 Å². The number of hydrogen-bond acceptors (Lipinski definition) is 2. The van der Waals surface area contributed by atoms with E-state index < -0.39 is 0 Å². The second kappa shape index (κ2) is 5.28. The van der Waals surface area contributed by atoms with Gasteiger partial charge >= 0.3 is 0 Å². The Morgan fingerprint density at radius 2 is 1.80 bits per heavy atom. The van der Waals surface area contributed by atoms with Crippen LogP contribution in [-0.2, 0) is 6.42 Å². The van der Waals surface area contributed by atoms with Gasteiger partial charge in [-0.15, -0.1) is 0 Å². The normalized spacial score (nSPS) is 18.5. The molecule has 2 aromatic carbocycles. The predicted octanol–water partition coefficient (Wildman–Crippen LogP) is 4.36. The highest BCUT2D eigenvalue weighted by Gasteiger charge is 2.20. The first-order valence-corrected chi connectivity index (χ1v) is 7.29. The molecule has 2 N–H and O–H groups in total. The van der Waals surface area contributed by atoms with Gasteiger partial charge in [-0.25, -0.2) is 0 Å². The lowest BCUT2D eigenvalue weighted by Crippen LogP contribution is -2.12. The van der Waals surface area contributed by atoms with Crippen LogP contribution in [0.4, 0.5) is 0 Å². The SMILES string of the molecule is CC1Cc2cc(C(N)c3cc(Cl)cc(Cl)c3)ccc2O1. The predicted molar refractivity (Wildman–Crippen MR) is 82.7 cm³/mol. The molecule has 4 heteroatoms. The summed E-state index contributed by atoms with van der Waals surface area (Å²) in [5, 5.41) is 1.20. The minimum absolute atomic E-state index is 0.233. The van der Waals surface area contributed by atoms with Crippen molar-refractivity contribution in [3.05, 3.63) is 63.1 Å². The van der Waals surface area contributed by atoms with Crippen LogP contribution in [0.3, 0.4) is 0 Å². The summed E-state index contributed by atoms with van der Waals surface area (Å²) in [5.74, 6) is 0.956. The third-order valence-electron chi connectivity index (χ3n) is 3.52. The Morgan fingerprint density at radius 1 is 1.10 bits per heavy atom. The van der Waals surface area contributed by atoms with Gasteiger partial charge in [0.25, 0.3) is 0 Å². The number of halogens is 2. The van der Waals surface area contributed by atoms with Crippen molar-refractivity contribution in [3.8, 4) is 5.75 Å². The van der Waals surface area contributed by atoms with Gasteiger partial charge in [-0.3, -0.25) is 0 Å². The van der Waals surface area contributed by atoms with Crippen LogP contribution < -0.4 is 10.5 Å². The monoisotopic (exact) mass is 307 g/mol. The Labute approximate surface area is 128 Å². The summed E-state index contributed by atoms with van der Waals surface area (Å²) in [6.07, 6.45) is 1.16. The highest BCUT2D eigenvalue weighted by molar-refractivity contribution is 6.34. The molecule has 0 aliphatic carbocycles. The Morgan fingerprint density at radius 3 is 2.50 bits per heavy atom. The van der Waals surface area contributed by atoms with Crippen molar-refractivity contribution >= 4 is 23.2 Å². The van der Waals surface area contributed by atoms with E-state index in [2.05, 4.69) is 13.0 Å². The van der Waals surface area contributed by atoms with Gasteiger partial charge in [-0.05, 0) is 47.9 Å². The van der Waals surface area contributed by atoms with Crippen LogP contribution in [0.1, 0.15) is 29.7 Å². The second-order valence-electron chi connectivity index (χ2n) is 5.18. The van der Waals surface area contributed by atoms with Crippen LogP contribution >= 0.6 is 23.2 Å². The van der Waals surface area contributed by atoms with Crippen LogP contribution in [-0.4, -0.2) is 6.10 Å². The zero-order chi connectivity index (χ0) is 14.3. The van der Waals surface area contributed by atoms with Gasteiger partial charge in [0.1, 0.15) is 11.9 Å². The molecule has 2 aromatic rings. The molecule has 0 bridgehead atoms. The molecule has 0 saturated heterocycles. The van der Waals surface area contributed by atoms with E-state index >= 15 is 0 Å². The number of benzene rings is 2. The molecule has 20 heavy (non-hydrogen) atoms. The molecular weight excluding hydrogens is 293 g/mol. The van der Waals surface area contributed by atoms with Gasteiger partial charge in [-0.1, -0.05) is 35.3 Å². The van der Waals surface area contributed by atoms with Gasteiger partial charge in [0.15, 0.2) is 0 Å². The van der Waals surface area contributed by atoms with Crippen molar-refractivity contribution in [1.82, 2.24) is 0 Å². The summed E-state index contributed by atoms with van der Waals surface area (Å²) >= 11 is 12.1. The summed E-state index contributed by atoms with van der Waals surface area (Å²) in [7, 11) is 0. The molecule has 3 rings (SSSR count). The lowest BCUT2D eigenvalue weighted by molar-refractivity contribution is 0.254. The van der Waals surface area contributed by atoms with Gasteiger partial charge in [0.05, 0.1) is 6.04 Å². The van der Waals surface area contributed by atoms with Gasteiger partial charge in [0, 0.05) is 16.5 Å². The van der Waals surface area contributed by atoms with Crippen molar-refractivity contribution < 1.29 is 4.74 Å². The maximum Gasteiger partial charge on any atom is 0.123 e. The zero-order valence-corrected chi connectivity index (χ0v) is 12.6. The van der Waals surface area contributed by atoms with Gasteiger partial charge in [0.2, 0.25) is 0 Å². The number of ether oxygens (including phenoxy) is 1.